The second-order valence-corrected chi connectivity index (χ2v) is 6.69. The molecule has 1 amide bonds. The monoisotopic (exact) mass is 466 g/mol. The molecule has 2 N–H and O–H groups in total. The molecule has 0 unspecified atom stereocenters. The summed E-state index contributed by atoms with van der Waals surface area (Å²) in [7, 11) is 0. The van der Waals surface area contributed by atoms with Crippen molar-refractivity contribution in [1.29, 1.82) is 0 Å². The molecule has 0 radical (unpaired) electrons. The summed E-state index contributed by atoms with van der Waals surface area (Å²) in [5, 5.41) is 6.45. The van der Waals surface area contributed by atoms with Crippen LogP contribution in [-0.4, -0.2) is 62.2 Å². The Hall–Kier alpha value is -0.570. The first-order valence-corrected chi connectivity index (χ1v) is 9.71. The van der Waals surface area contributed by atoms with Crippen LogP contribution in [0.25, 0.3) is 0 Å². The van der Waals surface area contributed by atoms with Crippen LogP contribution in [0.5, 0.6) is 0 Å². The predicted octanol–water partition coefficient (Wildman–Crippen LogP) is 2.52. The molecule has 1 saturated carbocycles. The summed E-state index contributed by atoms with van der Waals surface area (Å²) in [5.74, 6) is 0.828. The summed E-state index contributed by atoms with van der Waals surface area (Å²) >= 11 is 0. The first-order valence-electron chi connectivity index (χ1n) is 9.71. The Balaban J connectivity index is 0.00000312. The van der Waals surface area contributed by atoms with Crippen molar-refractivity contribution in [3.63, 3.8) is 0 Å². The van der Waals surface area contributed by atoms with Crippen LogP contribution in [0.3, 0.4) is 0 Å². The van der Waals surface area contributed by atoms with Crippen LogP contribution < -0.4 is 10.6 Å². The summed E-state index contributed by atoms with van der Waals surface area (Å²) in [4.78, 5) is 18.4. The zero-order chi connectivity index (χ0) is 17.0. The number of aliphatic imine (C=N–C) groups is 1. The summed E-state index contributed by atoms with van der Waals surface area (Å²) in [6, 6.07) is 0. The van der Waals surface area contributed by atoms with E-state index < -0.39 is 0 Å². The molecule has 1 aliphatic carbocycles. The molecule has 1 aliphatic heterocycles. The summed E-state index contributed by atoms with van der Waals surface area (Å²) in [6.45, 7) is 6.21. The van der Waals surface area contributed by atoms with E-state index in [9.17, 15) is 4.79 Å². The van der Waals surface area contributed by atoms with Crippen LogP contribution >= 0.6 is 24.0 Å². The van der Waals surface area contributed by atoms with E-state index in [4.69, 9.17) is 4.74 Å². The molecule has 25 heavy (non-hydrogen) atoms. The zero-order valence-electron chi connectivity index (χ0n) is 15.6. The Morgan fingerprint density at radius 2 is 1.76 bits per heavy atom. The third kappa shape index (κ3) is 9.08. The number of rotatable bonds is 7. The smallest absolute Gasteiger partial charge is 0.244 e. The van der Waals surface area contributed by atoms with Crippen molar-refractivity contribution in [2.75, 3.05) is 39.3 Å². The van der Waals surface area contributed by atoms with Gasteiger partial charge in [-0.15, -0.1) is 24.0 Å². The molecule has 2 fully saturated rings. The number of nitrogens with zero attached hydrogens (tertiary/aromatic N) is 2. The number of carbonyl (C=O) groups excluding carboxylic acids is 1. The van der Waals surface area contributed by atoms with Crippen LogP contribution in [0.4, 0.5) is 0 Å². The van der Waals surface area contributed by atoms with Crippen LogP contribution in [0.2, 0.25) is 0 Å². The van der Waals surface area contributed by atoms with E-state index >= 15 is 0 Å². The van der Waals surface area contributed by atoms with Crippen molar-refractivity contribution in [2.24, 2.45) is 4.99 Å². The number of amides is 1. The van der Waals surface area contributed by atoms with Gasteiger partial charge in [0.1, 0.15) is 6.54 Å². The zero-order valence-corrected chi connectivity index (χ0v) is 17.9. The van der Waals surface area contributed by atoms with E-state index in [0.29, 0.717) is 18.7 Å². The number of hydrogen-bond donors (Lipinski definition) is 2. The molecule has 0 atom stereocenters. The van der Waals surface area contributed by atoms with E-state index in [2.05, 4.69) is 15.6 Å². The molecule has 146 valence electrons. The fourth-order valence-electron chi connectivity index (χ4n) is 3.36. The van der Waals surface area contributed by atoms with Crippen molar-refractivity contribution in [2.45, 2.75) is 64.4 Å². The fraction of sp³-hybridized carbons (Fsp3) is 0.889. The summed E-state index contributed by atoms with van der Waals surface area (Å²) < 4.78 is 5.98. The van der Waals surface area contributed by atoms with Gasteiger partial charge in [-0.3, -0.25) is 4.79 Å². The lowest BCUT2D eigenvalue weighted by Gasteiger charge is -2.17. The second kappa shape index (κ2) is 13.6. The van der Waals surface area contributed by atoms with Gasteiger partial charge in [-0.25, -0.2) is 4.99 Å². The highest BCUT2D eigenvalue weighted by Gasteiger charge is 2.17. The standard InChI is InChI=1S/C18H34N4O2.HI/c1-2-19-18(21-15-17(23)22-12-7-8-13-22)20-11-14-24-16-9-5-3-4-6-10-16;/h16H,2-15H2,1H3,(H2,19,20,21);1H. The van der Waals surface area contributed by atoms with Gasteiger partial charge in [0.25, 0.3) is 0 Å². The van der Waals surface area contributed by atoms with Gasteiger partial charge in [-0.1, -0.05) is 25.7 Å². The summed E-state index contributed by atoms with van der Waals surface area (Å²) in [6.07, 6.45) is 10.3. The molecule has 2 rings (SSSR count). The van der Waals surface area contributed by atoms with Gasteiger partial charge in [-0.2, -0.15) is 0 Å². The Bertz CT molecular complexity index is 393. The van der Waals surface area contributed by atoms with Gasteiger partial charge in [0.05, 0.1) is 12.7 Å². The predicted molar refractivity (Wildman–Crippen MR) is 113 cm³/mol. The van der Waals surface area contributed by atoms with Crippen molar-refractivity contribution >= 4 is 35.8 Å². The second-order valence-electron chi connectivity index (χ2n) is 6.69. The molecule has 6 nitrogen and oxygen atoms in total. The third-order valence-corrected chi connectivity index (χ3v) is 4.73. The lowest BCUT2D eigenvalue weighted by atomic mass is 10.1. The fourth-order valence-corrected chi connectivity index (χ4v) is 3.36. The quantitative estimate of drug-likeness (QED) is 0.199. The van der Waals surface area contributed by atoms with Gasteiger partial charge < -0.3 is 20.3 Å². The maximum atomic E-state index is 12.1. The average molecular weight is 466 g/mol. The highest BCUT2D eigenvalue weighted by Crippen LogP contribution is 2.19. The number of ether oxygens (including phenoxy) is 1. The van der Waals surface area contributed by atoms with Gasteiger partial charge in [-0.05, 0) is 32.6 Å². The number of likely N-dealkylation sites (tertiary alicyclic amines) is 1. The molecule has 0 spiro atoms. The van der Waals surface area contributed by atoms with Gasteiger partial charge >= 0.3 is 0 Å². The van der Waals surface area contributed by atoms with Gasteiger partial charge in [0, 0.05) is 26.2 Å². The Morgan fingerprint density at radius 3 is 2.40 bits per heavy atom. The molecule has 0 bridgehead atoms. The van der Waals surface area contributed by atoms with Crippen LogP contribution in [0, 0.1) is 0 Å². The largest absolute Gasteiger partial charge is 0.376 e. The molecule has 0 aromatic rings. The van der Waals surface area contributed by atoms with E-state index in [0.717, 1.165) is 39.0 Å². The molecule has 0 aromatic carbocycles. The number of guanidine groups is 1. The van der Waals surface area contributed by atoms with E-state index in [1.807, 2.05) is 11.8 Å². The molecule has 7 heteroatoms. The first-order chi connectivity index (χ1) is 11.8. The Kier molecular flexibility index (Phi) is 12.2. The molecule has 2 aliphatic rings. The molecule has 1 saturated heterocycles. The van der Waals surface area contributed by atoms with Crippen molar-refractivity contribution in [1.82, 2.24) is 15.5 Å². The maximum Gasteiger partial charge on any atom is 0.244 e. The van der Waals surface area contributed by atoms with E-state index in [1.165, 1.54) is 38.5 Å². The number of nitrogens with one attached hydrogen (secondary N) is 2. The first kappa shape index (κ1) is 22.5. The van der Waals surface area contributed by atoms with Crippen molar-refractivity contribution in [3.8, 4) is 0 Å². The minimum atomic E-state index is 0. The van der Waals surface area contributed by atoms with Crippen LogP contribution in [0.15, 0.2) is 4.99 Å². The highest BCUT2D eigenvalue weighted by molar-refractivity contribution is 14.0. The Morgan fingerprint density at radius 1 is 1.08 bits per heavy atom. The molecule has 1 heterocycles. The topological polar surface area (TPSA) is 66.0 Å². The minimum Gasteiger partial charge on any atom is -0.376 e. The third-order valence-electron chi connectivity index (χ3n) is 4.73. The van der Waals surface area contributed by atoms with Crippen LogP contribution in [-0.2, 0) is 9.53 Å². The molecular weight excluding hydrogens is 431 g/mol. The van der Waals surface area contributed by atoms with E-state index in [-0.39, 0.29) is 36.4 Å². The highest BCUT2D eigenvalue weighted by atomic mass is 127. The summed E-state index contributed by atoms with van der Waals surface area (Å²) in [5.41, 5.74) is 0. The number of halogens is 1. The van der Waals surface area contributed by atoms with E-state index in [1.54, 1.807) is 0 Å². The van der Waals surface area contributed by atoms with Crippen molar-refractivity contribution < 1.29 is 9.53 Å². The minimum absolute atomic E-state index is 0. The molecule has 0 aromatic heterocycles. The normalized spacial score (nSPS) is 19.2. The van der Waals surface area contributed by atoms with Crippen molar-refractivity contribution in [3.05, 3.63) is 0 Å². The Labute approximate surface area is 169 Å². The van der Waals surface area contributed by atoms with Crippen LogP contribution in [0.1, 0.15) is 58.3 Å². The SMILES string of the molecule is CCNC(=NCC(=O)N1CCCC1)NCCOC1CCCCCC1.I. The van der Waals surface area contributed by atoms with Gasteiger partial charge in [0.15, 0.2) is 5.96 Å². The molecular formula is C18H35IN4O2. The number of hydrogen-bond acceptors (Lipinski definition) is 3. The lowest BCUT2D eigenvalue weighted by molar-refractivity contribution is -0.128. The van der Waals surface area contributed by atoms with Gasteiger partial charge in [0.2, 0.25) is 5.91 Å². The maximum absolute atomic E-state index is 12.1. The average Bonchev–Trinajstić information content (AvgIpc) is 3.01. The number of carbonyl (C=O) groups is 1. The lowest BCUT2D eigenvalue weighted by Crippen LogP contribution is -2.40.